The second-order valence-electron chi connectivity index (χ2n) is 4.52. The van der Waals surface area contributed by atoms with Gasteiger partial charge in [-0.25, -0.2) is 0 Å². The molecule has 0 unspecified atom stereocenters. The number of carbonyl (C=O) groups excluding carboxylic acids is 1. The van der Waals surface area contributed by atoms with Gasteiger partial charge in [-0.3, -0.25) is 4.79 Å². The van der Waals surface area contributed by atoms with E-state index in [4.69, 9.17) is 0 Å². The van der Waals surface area contributed by atoms with E-state index in [1.54, 1.807) is 0 Å². The minimum absolute atomic E-state index is 0.173. The highest BCUT2D eigenvalue weighted by Gasteiger charge is 2.58. The molecule has 0 aromatic carbocycles. The molecule has 1 heterocycles. The molecule has 112 valence electrons. The Labute approximate surface area is 107 Å². The number of halogens is 5. The maximum absolute atomic E-state index is 12.5. The SMILES string of the molecule is O=C(CCN1CCCCC1)OCC(F)(F)C(F)(F)F. The van der Waals surface area contributed by atoms with Gasteiger partial charge in [0.1, 0.15) is 0 Å². The van der Waals surface area contributed by atoms with Crippen LogP contribution in [0.4, 0.5) is 22.0 Å². The molecule has 0 aromatic heterocycles. The zero-order chi connectivity index (χ0) is 14.5. The van der Waals surface area contributed by atoms with Crippen LogP contribution in [0.15, 0.2) is 0 Å². The summed E-state index contributed by atoms with van der Waals surface area (Å²) >= 11 is 0. The minimum atomic E-state index is -5.69. The molecule has 0 spiro atoms. The molecule has 1 aliphatic rings. The van der Waals surface area contributed by atoms with Crippen LogP contribution in [0, 0.1) is 0 Å². The van der Waals surface area contributed by atoms with Crippen molar-refractivity contribution < 1.29 is 31.5 Å². The van der Waals surface area contributed by atoms with Crippen LogP contribution in [0.3, 0.4) is 0 Å². The van der Waals surface area contributed by atoms with Crippen LogP contribution in [-0.2, 0) is 9.53 Å². The fourth-order valence-electron chi connectivity index (χ4n) is 1.76. The molecule has 0 aliphatic carbocycles. The van der Waals surface area contributed by atoms with Gasteiger partial charge in [-0.05, 0) is 25.9 Å². The number of hydrogen-bond acceptors (Lipinski definition) is 3. The van der Waals surface area contributed by atoms with Gasteiger partial charge in [-0.2, -0.15) is 22.0 Å². The lowest BCUT2D eigenvalue weighted by molar-refractivity contribution is -0.294. The predicted octanol–water partition coefficient (Wildman–Crippen LogP) is 2.60. The second-order valence-corrected chi connectivity index (χ2v) is 4.52. The van der Waals surface area contributed by atoms with Crippen LogP contribution in [0.5, 0.6) is 0 Å². The maximum atomic E-state index is 12.5. The fraction of sp³-hybridized carbons (Fsp3) is 0.909. The lowest BCUT2D eigenvalue weighted by atomic mass is 10.1. The van der Waals surface area contributed by atoms with Crippen LogP contribution in [0.25, 0.3) is 0 Å². The summed E-state index contributed by atoms with van der Waals surface area (Å²) in [6.45, 7) is 0.00371. The monoisotopic (exact) mass is 289 g/mol. The summed E-state index contributed by atoms with van der Waals surface area (Å²) in [4.78, 5) is 13.1. The zero-order valence-electron chi connectivity index (χ0n) is 10.3. The molecule has 1 fully saturated rings. The third-order valence-electron chi connectivity index (χ3n) is 2.91. The number of nitrogens with zero attached hydrogens (tertiary/aromatic N) is 1. The number of esters is 1. The average molecular weight is 289 g/mol. The molecular formula is C11H16F5NO2. The van der Waals surface area contributed by atoms with Crippen molar-refractivity contribution in [3.05, 3.63) is 0 Å². The highest BCUT2D eigenvalue weighted by Crippen LogP contribution is 2.35. The van der Waals surface area contributed by atoms with E-state index in [9.17, 15) is 26.7 Å². The van der Waals surface area contributed by atoms with Gasteiger partial charge in [0.05, 0.1) is 6.42 Å². The standard InChI is InChI=1S/C11H16F5NO2/c12-10(13,11(14,15)16)8-19-9(18)4-7-17-5-2-1-3-6-17/h1-8H2. The molecule has 0 aromatic rings. The van der Waals surface area contributed by atoms with Gasteiger partial charge in [0.2, 0.25) is 0 Å². The highest BCUT2D eigenvalue weighted by molar-refractivity contribution is 5.69. The van der Waals surface area contributed by atoms with Crippen molar-refractivity contribution in [1.82, 2.24) is 4.90 Å². The Bertz CT molecular complexity index is 300. The second kappa shape index (κ2) is 6.49. The minimum Gasteiger partial charge on any atom is -0.459 e. The Morgan fingerprint density at radius 2 is 1.63 bits per heavy atom. The first-order valence-electron chi connectivity index (χ1n) is 6.05. The average Bonchev–Trinajstić information content (AvgIpc) is 2.34. The molecule has 0 atom stereocenters. The Hall–Kier alpha value is -0.920. The quantitative estimate of drug-likeness (QED) is 0.575. The van der Waals surface area contributed by atoms with Crippen molar-refractivity contribution in [3.8, 4) is 0 Å². The normalized spacial score (nSPS) is 18.4. The summed E-state index contributed by atoms with van der Waals surface area (Å²) < 4.78 is 64.4. The van der Waals surface area contributed by atoms with Crippen molar-refractivity contribution in [3.63, 3.8) is 0 Å². The van der Waals surface area contributed by atoms with Crippen molar-refractivity contribution in [2.24, 2.45) is 0 Å². The number of carbonyl (C=O) groups is 1. The summed E-state index contributed by atoms with van der Waals surface area (Å²) in [5.74, 6) is -6.03. The van der Waals surface area contributed by atoms with Crippen LogP contribution in [-0.4, -0.2) is 49.2 Å². The van der Waals surface area contributed by atoms with Crippen LogP contribution in [0.1, 0.15) is 25.7 Å². The molecule has 1 rings (SSSR count). The molecule has 8 heteroatoms. The first kappa shape index (κ1) is 16.1. The van der Waals surface area contributed by atoms with E-state index >= 15 is 0 Å². The van der Waals surface area contributed by atoms with Gasteiger partial charge in [0.25, 0.3) is 0 Å². The first-order chi connectivity index (χ1) is 8.72. The first-order valence-corrected chi connectivity index (χ1v) is 6.05. The largest absolute Gasteiger partial charge is 0.459 e. The van der Waals surface area contributed by atoms with Crippen molar-refractivity contribution in [1.29, 1.82) is 0 Å². The van der Waals surface area contributed by atoms with E-state index in [0.29, 0.717) is 6.54 Å². The van der Waals surface area contributed by atoms with Gasteiger partial charge in [-0.15, -0.1) is 0 Å². The molecular weight excluding hydrogens is 273 g/mol. The van der Waals surface area contributed by atoms with Gasteiger partial charge in [0, 0.05) is 6.54 Å². The lowest BCUT2D eigenvalue weighted by Crippen LogP contribution is -2.41. The molecule has 19 heavy (non-hydrogen) atoms. The summed E-state index contributed by atoms with van der Waals surface area (Å²) in [7, 11) is 0. The summed E-state index contributed by atoms with van der Waals surface area (Å²) in [5.41, 5.74) is 0. The van der Waals surface area contributed by atoms with Gasteiger partial charge in [0.15, 0.2) is 6.61 Å². The van der Waals surface area contributed by atoms with E-state index < -0.39 is 24.7 Å². The van der Waals surface area contributed by atoms with Crippen molar-refractivity contribution in [2.75, 3.05) is 26.2 Å². The predicted molar refractivity (Wildman–Crippen MR) is 56.9 cm³/mol. The van der Waals surface area contributed by atoms with Gasteiger partial charge in [-0.1, -0.05) is 6.42 Å². The number of hydrogen-bond donors (Lipinski definition) is 0. The van der Waals surface area contributed by atoms with Crippen LogP contribution >= 0.6 is 0 Å². The molecule has 0 saturated carbocycles. The van der Waals surface area contributed by atoms with E-state index in [0.717, 1.165) is 32.4 Å². The molecule has 3 nitrogen and oxygen atoms in total. The maximum Gasteiger partial charge on any atom is 0.456 e. The fourth-order valence-corrected chi connectivity index (χ4v) is 1.76. The van der Waals surface area contributed by atoms with Crippen LogP contribution in [0.2, 0.25) is 0 Å². The summed E-state index contributed by atoms with van der Waals surface area (Å²) in [6.07, 6.45) is -2.75. The molecule has 0 bridgehead atoms. The van der Waals surface area contributed by atoms with Crippen molar-refractivity contribution >= 4 is 5.97 Å². The van der Waals surface area contributed by atoms with Crippen molar-refractivity contribution in [2.45, 2.75) is 37.8 Å². The lowest BCUT2D eigenvalue weighted by Gasteiger charge is -2.26. The molecule has 0 amide bonds. The summed E-state index contributed by atoms with van der Waals surface area (Å²) in [6, 6.07) is 0. The number of alkyl halides is 5. The van der Waals surface area contributed by atoms with E-state index in [1.807, 2.05) is 4.90 Å². The van der Waals surface area contributed by atoms with Crippen LogP contribution < -0.4 is 0 Å². The number of likely N-dealkylation sites (tertiary alicyclic amines) is 1. The number of piperidine rings is 1. The molecule has 0 N–H and O–H groups in total. The van der Waals surface area contributed by atoms with Gasteiger partial charge >= 0.3 is 18.1 Å². The Morgan fingerprint density at radius 3 is 2.16 bits per heavy atom. The smallest absolute Gasteiger partial charge is 0.456 e. The molecule has 0 radical (unpaired) electrons. The van der Waals surface area contributed by atoms with E-state index in [-0.39, 0.29) is 6.42 Å². The van der Waals surface area contributed by atoms with E-state index in [2.05, 4.69) is 4.74 Å². The van der Waals surface area contributed by atoms with E-state index in [1.165, 1.54) is 0 Å². The highest BCUT2D eigenvalue weighted by atomic mass is 19.4. The molecule has 1 saturated heterocycles. The third-order valence-corrected chi connectivity index (χ3v) is 2.91. The zero-order valence-corrected chi connectivity index (χ0v) is 10.3. The Kier molecular flexibility index (Phi) is 5.51. The Morgan fingerprint density at radius 1 is 1.05 bits per heavy atom. The number of ether oxygens (including phenoxy) is 1. The topological polar surface area (TPSA) is 29.5 Å². The summed E-state index contributed by atoms with van der Waals surface area (Å²) in [5, 5.41) is 0. The Balaban J connectivity index is 2.24. The third kappa shape index (κ3) is 5.30. The number of rotatable bonds is 5. The van der Waals surface area contributed by atoms with Gasteiger partial charge < -0.3 is 9.64 Å². The molecule has 1 aliphatic heterocycles.